The molecule has 108 valence electrons. The molecular weight excluding hydrogens is 327 g/mol. The number of anilines is 1. The zero-order valence-electron chi connectivity index (χ0n) is 11.3. The number of hydrogen-bond acceptors (Lipinski definition) is 2. The molecule has 1 N–H and O–H groups in total. The third-order valence-corrected chi connectivity index (χ3v) is 4.00. The Kier molecular flexibility index (Phi) is 4.42. The summed E-state index contributed by atoms with van der Waals surface area (Å²) in [4.78, 5) is 25.9. The molecule has 2 unspecified atom stereocenters. The van der Waals surface area contributed by atoms with Crippen molar-refractivity contribution in [3.05, 3.63) is 28.5 Å². The number of carbonyl (C=O) groups is 2. The third-order valence-electron chi connectivity index (χ3n) is 3.37. The average Bonchev–Trinajstić information content (AvgIpc) is 2.39. The molecule has 6 heteroatoms. The van der Waals surface area contributed by atoms with Crippen LogP contribution in [-0.2, 0) is 9.59 Å². The lowest BCUT2D eigenvalue weighted by Crippen LogP contribution is -2.62. The van der Waals surface area contributed by atoms with E-state index in [1.807, 2.05) is 6.92 Å². The summed E-state index contributed by atoms with van der Waals surface area (Å²) in [5, 5.41) is 2.73. The van der Waals surface area contributed by atoms with Gasteiger partial charge in [0.1, 0.15) is 17.9 Å². The first-order valence-electron chi connectivity index (χ1n) is 6.54. The minimum absolute atomic E-state index is 0.161. The van der Waals surface area contributed by atoms with Gasteiger partial charge in [0, 0.05) is 4.47 Å². The Balaban J connectivity index is 2.40. The Hall–Kier alpha value is -1.43. The molecule has 1 aromatic rings. The fourth-order valence-corrected chi connectivity index (χ4v) is 2.86. The van der Waals surface area contributed by atoms with Gasteiger partial charge >= 0.3 is 0 Å². The molecule has 1 aliphatic heterocycles. The maximum absolute atomic E-state index is 13.2. The van der Waals surface area contributed by atoms with Crippen molar-refractivity contribution in [2.45, 2.75) is 38.8 Å². The molecule has 0 radical (unpaired) electrons. The van der Waals surface area contributed by atoms with Gasteiger partial charge < -0.3 is 5.32 Å². The van der Waals surface area contributed by atoms with Crippen LogP contribution in [0.25, 0.3) is 0 Å². The minimum Gasteiger partial charge on any atom is -0.342 e. The molecule has 1 aliphatic rings. The molecular formula is C14H16BrFN2O2. The second-order valence-electron chi connectivity index (χ2n) is 4.83. The molecule has 20 heavy (non-hydrogen) atoms. The van der Waals surface area contributed by atoms with Crippen LogP contribution in [0.3, 0.4) is 0 Å². The minimum atomic E-state index is -0.614. The Bertz CT molecular complexity index is 550. The van der Waals surface area contributed by atoms with Crippen LogP contribution in [0, 0.1) is 5.82 Å². The van der Waals surface area contributed by atoms with Crippen LogP contribution in [0.2, 0.25) is 0 Å². The van der Waals surface area contributed by atoms with E-state index in [9.17, 15) is 14.0 Å². The van der Waals surface area contributed by atoms with Crippen molar-refractivity contribution in [1.82, 2.24) is 5.32 Å². The van der Waals surface area contributed by atoms with E-state index in [1.54, 1.807) is 6.92 Å². The molecule has 2 rings (SSSR count). The maximum Gasteiger partial charge on any atom is 0.250 e. The van der Waals surface area contributed by atoms with Gasteiger partial charge in [-0.1, -0.05) is 13.3 Å². The van der Waals surface area contributed by atoms with Crippen molar-refractivity contribution in [2.75, 3.05) is 4.90 Å². The van der Waals surface area contributed by atoms with Crippen molar-refractivity contribution in [1.29, 1.82) is 0 Å². The molecule has 0 spiro atoms. The van der Waals surface area contributed by atoms with Gasteiger partial charge in [0.2, 0.25) is 11.8 Å². The van der Waals surface area contributed by atoms with E-state index in [4.69, 9.17) is 0 Å². The van der Waals surface area contributed by atoms with Crippen LogP contribution in [0.5, 0.6) is 0 Å². The van der Waals surface area contributed by atoms with Crippen LogP contribution in [0.4, 0.5) is 10.1 Å². The highest BCUT2D eigenvalue weighted by Gasteiger charge is 2.39. The number of nitrogens with zero attached hydrogens (tertiary/aromatic N) is 1. The summed E-state index contributed by atoms with van der Waals surface area (Å²) in [5.41, 5.74) is 0.514. The van der Waals surface area contributed by atoms with Gasteiger partial charge in [-0.15, -0.1) is 0 Å². The van der Waals surface area contributed by atoms with E-state index in [-0.39, 0.29) is 11.8 Å². The van der Waals surface area contributed by atoms with E-state index in [0.29, 0.717) is 16.6 Å². The second kappa shape index (κ2) is 5.91. The summed E-state index contributed by atoms with van der Waals surface area (Å²) >= 11 is 3.25. The molecule has 0 aliphatic carbocycles. The summed E-state index contributed by atoms with van der Waals surface area (Å²) < 4.78 is 13.6. The molecule has 1 saturated heterocycles. The average molecular weight is 343 g/mol. The number of piperazine rings is 1. The number of amides is 2. The molecule has 1 aromatic carbocycles. The Labute approximate surface area is 125 Å². The fraction of sp³-hybridized carbons (Fsp3) is 0.429. The molecule has 1 heterocycles. The first-order chi connectivity index (χ1) is 9.45. The van der Waals surface area contributed by atoms with E-state index < -0.39 is 17.9 Å². The summed E-state index contributed by atoms with van der Waals surface area (Å²) in [5.74, 6) is -0.752. The molecule has 4 nitrogen and oxygen atoms in total. The van der Waals surface area contributed by atoms with Gasteiger partial charge in [0.15, 0.2) is 0 Å². The first kappa shape index (κ1) is 15.0. The van der Waals surface area contributed by atoms with Crippen molar-refractivity contribution < 1.29 is 14.0 Å². The van der Waals surface area contributed by atoms with Crippen molar-refractivity contribution in [3.63, 3.8) is 0 Å². The molecule has 1 fully saturated rings. The van der Waals surface area contributed by atoms with Crippen molar-refractivity contribution in [2.24, 2.45) is 0 Å². The molecule has 2 atom stereocenters. The summed E-state index contributed by atoms with van der Waals surface area (Å²) in [6.45, 7) is 3.61. The van der Waals surface area contributed by atoms with Gasteiger partial charge in [-0.05, 0) is 47.5 Å². The van der Waals surface area contributed by atoms with Gasteiger partial charge in [0.05, 0.1) is 5.69 Å². The standard InChI is InChI=1S/C14H16BrFN2O2/c1-3-4-11-14(20)18(8(2)13(19)17-11)12-6-5-9(16)7-10(12)15/h5-8,11H,3-4H2,1-2H3,(H,17,19). The van der Waals surface area contributed by atoms with Gasteiger partial charge in [-0.25, -0.2) is 4.39 Å². The zero-order valence-corrected chi connectivity index (χ0v) is 12.9. The predicted octanol–water partition coefficient (Wildman–Crippen LogP) is 2.61. The summed E-state index contributed by atoms with van der Waals surface area (Å²) in [6, 6.07) is 2.95. The van der Waals surface area contributed by atoms with E-state index in [1.165, 1.54) is 23.1 Å². The highest BCUT2D eigenvalue weighted by atomic mass is 79.9. The second-order valence-corrected chi connectivity index (χ2v) is 5.68. The SMILES string of the molecule is CCCC1NC(=O)C(C)N(c2ccc(F)cc2Br)C1=O. The quantitative estimate of drug-likeness (QED) is 0.917. The number of rotatable bonds is 3. The van der Waals surface area contributed by atoms with Crippen LogP contribution < -0.4 is 10.2 Å². The molecule has 2 amide bonds. The summed E-state index contributed by atoms with van der Waals surface area (Å²) in [6.07, 6.45) is 1.39. The van der Waals surface area contributed by atoms with Crippen LogP contribution >= 0.6 is 15.9 Å². The topological polar surface area (TPSA) is 49.4 Å². The van der Waals surface area contributed by atoms with E-state index in [0.717, 1.165) is 6.42 Å². The number of halogens is 2. The van der Waals surface area contributed by atoms with Crippen molar-refractivity contribution in [3.8, 4) is 0 Å². The van der Waals surface area contributed by atoms with E-state index >= 15 is 0 Å². The number of carbonyl (C=O) groups excluding carboxylic acids is 2. The zero-order chi connectivity index (χ0) is 14.9. The van der Waals surface area contributed by atoms with Crippen molar-refractivity contribution >= 4 is 33.4 Å². The normalized spacial score (nSPS) is 22.9. The molecule has 0 aromatic heterocycles. The maximum atomic E-state index is 13.2. The third kappa shape index (κ3) is 2.70. The first-order valence-corrected chi connectivity index (χ1v) is 7.33. The van der Waals surface area contributed by atoms with Crippen LogP contribution in [-0.4, -0.2) is 23.9 Å². The van der Waals surface area contributed by atoms with Gasteiger partial charge in [-0.2, -0.15) is 0 Å². The Morgan fingerprint density at radius 3 is 2.70 bits per heavy atom. The van der Waals surface area contributed by atoms with E-state index in [2.05, 4.69) is 21.2 Å². The lowest BCUT2D eigenvalue weighted by atomic mass is 10.0. The number of nitrogens with one attached hydrogen (secondary N) is 1. The number of benzene rings is 1. The van der Waals surface area contributed by atoms with Crippen LogP contribution in [0.15, 0.2) is 22.7 Å². The monoisotopic (exact) mass is 342 g/mol. The predicted molar refractivity (Wildman–Crippen MR) is 77.9 cm³/mol. The smallest absolute Gasteiger partial charge is 0.250 e. The van der Waals surface area contributed by atoms with Gasteiger partial charge in [-0.3, -0.25) is 14.5 Å². The molecule has 0 bridgehead atoms. The number of hydrogen-bond donors (Lipinski definition) is 1. The largest absolute Gasteiger partial charge is 0.342 e. The lowest BCUT2D eigenvalue weighted by molar-refractivity contribution is -0.133. The Morgan fingerprint density at radius 2 is 2.10 bits per heavy atom. The van der Waals surface area contributed by atoms with Crippen LogP contribution in [0.1, 0.15) is 26.7 Å². The van der Waals surface area contributed by atoms with Gasteiger partial charge in [0.25, 0.3) is 0 Å². The molecule has 0 saturated carbocycles. The fourth-order valence-electron chi connectivity index (χ4n) is 2.32. The highest BCUT2D eigenvalue weighted by molar-refractivity contribution is 9.10. The Morgan fingerprint density at radius 1 is 1.40 bits per heavy atom. The summed E-state index contributed by atoms with van der Waals surface area (Å²) in [7, 11) is 0. The highest BCUT2D eigenvalue weighted by Crippen LogP contribution is 2.30. The lowest BCUT2D eigenvalue weighted by Gasteiger charge is -2.37.